The van der Waals surface area contributed by atoms with Crippen LogP contribution < -0.4 is 10.6 Å². The van der Waals surface area contributed by atoms with Crippen LogP contribution in [0.3, 0.4) is 0 Å². The van der Waals surface area contributed by atoms with E-state index in [0.29, 0.717) is 18.8 Å². The van der Waals surface area contributed by atoms with Crippen molar-refractivity contribution in [1.82, 2.24) is 4.98 Å². The topological polar surface area (TPSA) is 104 Å². The molecule has 2 aromatic carbocycles. The Labute approximate surface area is 141 Å². The minimum Gasteiger partial charge on any atom is -0.382 e. The molecule has 0 aliphatic rings. The fourth-order valence-electron chi connectivity index (χ4n) is 2.21. The second kappa shape index (κ2) is 6.93. The highest BCUT2D eigenvalue weighted by molar-refractivity contribution is 7.22. The molecule has 0 fully saturated rings. The number of non-ortho nitro benzene ring substituents is 1. The molecular formula is C16H13N5O2S. The summed E-state index contributed by atoms with van der Waals surface area (Å²) in [5.41, 5.74) is 1.70. The van der Waals surface area contributed by atoms with Gasteiger partial charge >= 0.3 is 0 Å². The molecule has 8 heteroatoms. The fraction of sp³-hybridized carbons (Fsp3) is 0.125. The van der Waals surface area contributed by atoms with Crippen LogP contribution >= 0.6 is 11.3 Å². The fourth-order valence-corrected chi connectivity index (χ4v) is 3.10. The van der Waals surface area contributed by atoms with E-state index in [2.05, 4.69) is 15.6 Å². The quantitative estimate of drug-likeness (QED) is 0.404. The number of hydrogen-bond donors (Lipinski definition) is 2. The Morgan fingerprint density at radius 3 is 2.75 bits per heavy atom. The van der Waals surface area contributed by atoms with E-state index >= 15 is 0 Å². The van der Waals surface area contributed by atoms with Crippen molar-refractivity contribution < 1.29 is 4.92 Å². The number of benzene rings is 2. The third-order valence-electron chi connectivity index (χ3n) is 3.34. The zero-order valence-electron chi connectivity index (χ0n) is 12.5. The van der Waals surface area contributed by atoms with Gasteiger partial charge in [-0.2, -0.15) is 5.26 Å². The van der Waals surface area contributed by atoms with Crippen LogP contribution in [0.1, 0.15) is 5.56 Å². The Hall–Kier alpha value is -3.18. The van der Waals surface area contributed by atoms with Gasteiger partial charge in [0.25, 0.3) is 5.69 Å². The number of nitro benzene ring substituents is 1. The van der Waals surface area contributed by atoms with Crippen molar-refractivity contribution in [2.45, 2.75) is 0 Å². The third-order valence-corrected chi connectivity index (χ3v) is 4.34. The van der Waals surface area contributed by atoms with Gasteiger partial charge in [-0.15, -0.1) is 0 Å². The highest BCUT2D eigenvalue weighted by Gasteiger charge is 2.10. The zero-order chi connectivity index (χ0) is 16.9. The molecule has 24 heavy (non-hydrogen) atoms. The number of para-hydroxylation sites is 1. The highest BCUT2D eigenvalue weighted by atomic mass is 32.1. The van der Waals surface area contributed by atoms with Crippen LogP contribution in [-0.2, 0) is 0 Å². The summed E-state index contributed by atoms with van der Waals surface area (Å²) in [6.07, 6.45) is 0. The van der Waals surface area contributed by atoms with E-state index in [1.165, 1.54) is 12.1 Å². The van der Waals surface area contributed by atoms with E-state index in [0.717, 1.165) is 15.3 Å². The maximum atomic E-state index is 10.7. The smallest absolute Gasteiger partial charge is 0.270 e. The molecule has 0 saturated heterocycles. The minimum atomic E-state index is -0.515. The van der Waals surface area contributed by atoms with Crippen LogP contribution in [0.15, 0.2) is 42.5 Å². The van der Waals surface area contributed by atoms with Crippen LogP contribution in [0, 0.1) is 21.4 Å². The largest absolute Gasteiger partial charge is 0.382 e. The summed E-state index contributed by atoms with van der Waals surface area (Å²) in [6.45, 7) is 1.17. The number of rotatable bonds is 6. The van der Waals surface area contributed by atoms with Gasteiger partial charge in [-0.1, -0.05) is 23.5 Å². The minimum absolute atomic E-state index is 0.0929. The Balaban J connectivity index is 1.58. The van der Waals surface area contributed by atoms with Crippen molar-refractivity contribution in [2.24, 2.45) is 0 Å². The van der Waals surface area contributed by atoms with Crippen LogP contribution in [0.5, 0.6) is 0 Å². The number of hydrogen-bond acceptors (Lipinski definition) is 7. The number of nitriles is 1. The molecule has 7 nitrogen and oxygen atoms in total. The van der Waals surface area contributed by atoms with Gasteiger partial charge in [-0.05, 0) is 18.2 Å². The molecule has 0 atom stereocenters. The van der Waals surface area contributed by atoms with E-state index in [-0.39, 0.29) is 11.3 Å². The van der Waals surface area contributed by atoms with Gasteiger partial charge < -0.3 is 10.6 Å². The van der Waals surface area contributed by atoms with E-state index in [9.17, 15) is 10.1 Å². The molecule has 0 aliphatic carbocycles. The predicted molar refractivity (Wildman–Crippen MR) is 94.4 cm³/mol. The number of anilines is 2. The molecule has 3 rings (SSSR count). The molecule has 1 aromatic heterocycles. The monoisotopic (exact) mass is 339 g/mol. The van der Waals surface area contributed by atoms with E-state index in [1.54, 1.807) is 17.4 Å². The van der Waals surface area contributed by atoms with E-state index in [1.807, 2.05) is 30.3 Å². The first-order chi connectivity index (χ1) is 11.7. The highest BCUT2D eigenvalue weighted by Crippen LogP contribution is 2.25. The first-order valence-electron chi connectivity index (χ1n) is 7.19. The van der Waals surface area contributed by atoms with Crippen molar-refractivity contribution in [1.29, 1.82) is 5.26 Å². The number of fused-ring (bicyclic) bond motifs is 1. The zero-order valence-corrected chi connectivity index (χ0v) is 13.3. The summed E-state index contributed by atoms with van der Waals surface area (Å²) >= 11 is 1.58. The number of nitro groups is 1. The molecule has 0 unspecified atom stereocenters. The van der Waals surface area contributed by atoms with Crippen LogP contribution in [-0.4, -0.2) is 23.0 Å². The SMILES string of the molecule is N#Cc1cc([N+](=O)[O-])ccc1NCCNc1nc2ccccc2s1. The summed E-state index contributed by atoms with van der Waals surface area (Å²) < 4.78 is 1.12. The lowest BCUT2D eigenvalue weighted by atomic mass is 10.1. The first-order valence-corrected chi connectivity index (χ1v) is 8.01. The van der Waals surface area contributed by atoms with Gasteiger partial charge in [-0.3, -0.25) is 10.1 Å². The van der Waals surface area contributed by atoms with Gasteiger partial charge in [0.15, 0.2) is 5.13 Å². The molecular weight excluding hydrogens is 326 g/mol. The molecule has 0 amide bonds. The van der Waals surface area contributed by atoms with Crippen molar-refractivity contribution in [3.8, 4) is 6.07 Å². The summed E-state index contributed by atoms with van der Waals surface area (Å²) in [4.78, 5) is 14.7. The van der Waals surface area contributed by atoms with Crippen LogP contribution in [0.4, 0.5) is 16.5 Å². The number of aromatic nitrogens is 1. The van der Waals surface area contributed by atoms with Gasteiger partial charge in [0.2, 0.25) is 0 Å². The molecule has 0 bridgehead atoms. The first kappa shape index (κ1) is 15.7. The standard InChI is InChI=1S/C16H13N5O2S/c17-10-11-9-12(21(22)23)5-6-13(11)18-7-8-19-16-20-14-3-1-2-4-15(14)24-16/h1-6,9,18H,7-8H2,(H,19,20). The second-order valence-electron chi connectivity index (χ2n) is 4.94. The van der Waals surface area contributed by atoms with Crippen molar-refractivity contribution in [2.75, 3.05) is 23.7 Å². The van der Waals surface area contributed by atoms with Gasteiger partial charge in [0.05, 0.1) is 26.4 Å². The molecule has 0 saturated carbocycles. The molecule has 0 aliphatic heterocycles. The Bertz CT molecular complexity index is 899. The van der Waals surface area contributed by atoms with E-state index in [4.69, 9.17) is 5.26 Å². The molecule has 3 aromatic rings. The van der Waals surface area contributed by atoms with Crippen molar-refractivity contribution >= 4 is 38.1 Å². The summed E-state index contributed by atoms with van der Waals surface area (Å²) in [5, 5.41) is 27.0. The molecule has 2 N–H and O–H groups in total. The lowest BCUT2D eigenvalue weighted by Crippen LogP contribution is -2.14. The van der Waals surface area contributed by atoms with E-state index < -0.39 is 4.92 Å². The van der Waals surface area contributed by atoms with Crippen LogP contribution in [0.25, 0.3) is 10.2 Å². The average Bonchev–Trinajstić information content (AvgIpc) is 3.01. The lowest BCUT2D eigenvalue weighted by Gasteiger charge is -2.08. The maximum Gasteiger partial charge on any atom is 0.270 e. The third kappa shape index (κ3) is 3.42. The summed E-state index contributed by atoms with van der Waals surface area (Å²) in [5.74, 6) is 0. The maximum absolute atomic E-state index is 10.7. The summed E-state index contributed by atoms with van der Waals surface area (Å²) in [7, 11) is 0. The Kier molecular flexibility index (Phi) is 4.54. The normalized spacial score (nSPS) is 10.3. The van der Waals surface area contributed by atoms with Crippen LogP contribution in [0.2, 0.25) is 0 Å². The Morgan fingerprint density at radius 1 is 1.21 bits per heavy atom. The van der Waals surface area contributed by atoms with Gasteiger partial charge in [-0.25, -0.2) is 4.98 Å². The lowest BCUT2D eigenvalue weighted by molar-refractivity contribution is -0.384. The average molecular weight is 339 g/mol. The molecule has 120 valence electrons. The number of nitrogens with zero attached hydrogens (tertiary/aromatic N) is 3. The number of thiazole rings is 1. The molecule has 0 radical (unpaired) electrons. The Morgan fingerprint density at radius 2 is 2.00 bits per heavy atom. The van der Waals surface area contributed by atoms with Gasteiger partial charge in [0.1, 0.15) is 6.07 Å². The van der Waals surface area contributed by atoms with Crippen molar-refractivity contribution in [3.05, 3.63) is 58.1 Å². The molecule has 0 spiro atoms. The second-order valence-corrected chi connectivity index (χ2v) is 5.97. The van der Waals surface area contributed by atoms with Crippen molar-refractivity contribution in [3.63, 3.8) is 0 Å². The number of nitrogens with one attached hydrogen (secondary N) is 2. The van der Waals surface area contributed by atoms with Gasteiger partial charge in [0, 0.05) is 25.2 Å². The molecule has 1 heterocycles. The summed E-state index contributed by atoms with van der Waals surface area (Å²) in [6, 6.07) is 14.1. The predicted octanol–water partition coefficient (Wildman–Crippen LogP) is 3.60.